The molecule has 1 aliphatic rings. The molecule has 3 heteroatoms. The van der Waals surface area contributed by atoms with Gasteiger partial charge in [0, 0.05) is 39.7 Å². The van der Waals surface area contributed by atoms with Gasteiger partial charge in [-0.25, -0.2) is 0 Å². The molecule has 3 aromatic rings. The van der Waals surface area contributed by atoms with Crippen LogP contribution in [0.2, 0.25) is 0 Å². The van der Waals surface area contributed by atoms with E-state index in [2.05, 4.69) is 70.2 Å². The van der Waals surface area contributed by atoms with Gasteiger partial charge >= 0.3 is 0 Å². The lowest BCUT2D eigenvalue weighted by atomic mass is 9.96. The first kappa shape index (κ1) is 18.3. The molecule has 0 saturated carbocycles. The Hall–Kier alpha value is -2.10. The summed E-state index contributed by atoms with van der Waals surface area (Å²) >= 11 is 0. The van der Waals surface area contributed by atoms with Gasteiger partial charge in [-0.3, -0.25) is 0 Å². The van der Waals surface area contributed by atoms with Crippen LogP contribution >= 0.6 is 10.5 Å². The molecule has 0 aliphatic heterocycles. The standard InChI is InChI=1S/C24H27O2S/c1-15-5-7-22-20(11-15)21-12-16(2)6-8-23(21)27(22)19-13-17(3)24(18(4)14-19)26-10-9-25/h5-8,11-13,18,25H,9-10,14H2,1-4H3/q+1. The van der Waals surface area contributed by atoms with Crippen molar-refractivity contribution in [3.05, 3.63) is 64.9 Å². The summed E-state index contributed by atoms with van der Waals surface area (Å²) in [5.41, 5.74) is 3.82. The molecule has 1 heterocycles. The van der Waals surface area contributed by atoms with E-state index in [-0.39, 0.29) is 17.1 Å². The molecule has 0 fully saturated rings. The molecule has 0 saturated heterocycles. The van der Waals surface area contributed by atoms with E-state index in [0.717, 1.165) is 12.2 Å². The van der Waals surface area contributed by atoms with Gasteiger partial charge < -0.3 is 9.84 Å². The fourth-order valence-corrected chi connectivity index (χ4v) is 6.87. The maximum absolute atomic E-state index is 9.10. The zero-order valence-electron chi connectivity index (χ0n) is 16.5. The second-order valence-electron chi connectivity index (χ2n) is 7.64. The first-order valence-electron chi connectivity index (χ1n) is 9.60. The lowest BCUT2D eigenvalue weighted by Crippen LogP contribution is -2.12. The number of aliphatic hydroxyl groups excluding tert-OH is 1. The lowest BCUT2D eigenvalue weighted by molar-refractivity contribution is 0.125. The van der Waals surface area contributed by atoms with Crippen LogP contribution in [0.25, 0.3) is 25.1 Å². The van der Waals surface area contributed by atoms with Gasteiger partial charge in [0.05, 0.1) is 6.61 Å². The van der Waals surface area contributed by atoms with E-state index >= 15 is 0 Å². The Morgan fingerprint density at radius 3 is 2.11 bits per heavy atom. The second kappa shape index (κ2) is 7.14. The largest absolute Gasteiger partial charge is 0.495 e. The number of aryl methyl sites for hydroxylation is 2. The van der Waals surface area contributed by atoms with Gasteiger partial charge in [0.2, 0.25) is 0 Å². The van der Waals surface area contributed by atoms with Gasteiger partial charge in [0.1, 0.15) is 12.4 Å². The molecule has 1 N–H and O–H groups in total. The average molecular weight is 380 g/mol. The van der Waals surface area contributed by atoms with Crippen LogP contribution in [0.5, 0.6) is 0 Å². The minimum Gasteiger partial charge on any atom is -0.495 e. The highest BCUT2D eigenvalue weighted by Gasteiger charge is 2.31. The van der Waals surface area contributed by atoms with E-state index in [0.29, 0.717) is 12.5 Å². The quantitative estimate of drug-likeness (QED) is 0.523. The number of aliphatic hydroxyl groups is 1. The summed E-state index contributed by atoms with van der Waals surface area (Å²) in [4.78, 5) is 1.49. The number of fused-ring (bicyclic) bond motifs is 3. The van der Waals surface area contributed by atoms with Crippen LogP contribution in [0.1, 0.15) is 31.4 Å². The van der Waals surface area contributed by atoms with Crippen molar-refractivity contribution < 1.29 is 9.84 Å². The van der Waals surface area contributed by atoms with Crippen molar-refractivity contribution in [1.29, 1.82) is 0 Å². The zero-order valence-corrected chi connectivity index (χ0v) is 17.3. The third kappa shape index (κ3) is 3.19. The van der Waals surface area contributed by atoms with Crippen LogP contribution in [-0.2, 0) is 4.74 Å². The molecule has 0 spiro atoms. The number of benzene rings is 2. The number of rotatable bonds is 4. The molecule has 2 aromatic carbocycles. The van der Waals surface area contributed by atoms with Gasteiger partial charge in [-0.1, -0.05) is 30.2 Å². The van der Waals surface area contributed by atoms with Crippen molar-refractivity contribution in [3.8, 4) is 0 Å². The molecule has 2 nitrogen and oxygen atoms in total. The SMILES string of the molecule is CC1=C(OCCO)C(C)CC([s+]2c3ccc(C)cc3c3cc(C)ccc32)=C1. The van der Waals surface area contributed by atoms with Gasteiger partial charge in [-0.2, -0.15) is 0 Å². The Labute approximate surface area is 163 Å². The molecule has 0 amide bonds. The third-order valence-corrected chi connectivity index (χ3v) is 7.73. The predicted molar refractivity (Wildman–Crippen MR) is 117 cm³/mol. The van der Waals surface area contributed by atoms with Gasteiger partial charge in [0.15, 0.2) is 14.3 Å². The van der Waals surface area contributed by atoms with Crippen LogP contribution in [0.4, 0.5) is 0 Å². The van der Waals surface area contributed by atoms with Crippen molar-refractivity contribution in [2.45, 2.75) is 34.1 Å². The smallest absolute Gasteiger partial charge is 0.187 e. The maximum atomic E-state index is 9.10. The topological polar surface area (TPSA) is 29.5 Å². The minimum absolute atomic E-state index is 0.0202. The number of thiophene rings is 1. The first-order valence-corrected chi connectivity index (χ1v) is 10.8. The average Bonchev–Trinajstić information content (AvgIpc) is 2.94. The number of hydrogen-bond donors (Lipinski definition) is 1. The van der Waals surface area contributed by atoms with Crippen molar-refractivity contribution in [3.63, 3.8) is 0 Å². The fourth-order valence-electron chi connectivity index (χ4n) is 4.17. The van der Waals surface area contributed by atoms with Crippen LogP contribution in [0.3, 0.4) is 0 Å². The van der Waals surface area contributed by atoms with Crippen LogP contribution in [0, 0.1) is 19.8 Å². The predicted octanol–water partition coefficient (Wildman–Crippen LogP) is 6.52. The first-order chi connectivity index (χ1) is 13.0. The van der Waals surface area contributed by atoms with E-state index in [1.165, 1.54) is 41.8 Å². The number of allylic oxidation sites excluding steroid dienone is 4. The summed E-state index contributed by atoms with van der Waals surface area (Å²) < 4.78 is 8.73. The van der Waals surface area contributed by atoms with E-state index < -0.39 is 0 Å². The molecule has 1 aromatic heterocycles. The summed E-state index contributed by atoms with van der Waals surface area (Å²) in [5.74, 6) is 1.37. The van der Waals surface area contributed by atoms with Crippen molar-refractivity contribution >= 4 is 35.5 Å². The lowest BCUT2D eigenvalue weighted by Gasteiger charge is -2.22. The molecular formula is C24H27O2S+. The van der Waals surface area contributed by atoms with E-state index in [1.54, 1.807) is 0 Å². The highest BCUT2D eigenvalue weighted by atomic mass is 32.2. The zero-order chi connectivity index (χ0) is 19.1. The molecular weight excluding hydrogens is 352 g/mol. The molecule has 27 heavy (non-hydrogen) atoms. The maximum Gasteiger partial charge on any atom is 0.187 e. The summed E-state index contributed by atoms with van der Waals surface area (Å²) in [7, 11) is -0.0202. The molecule has 140 valence electrons. The Kier molecular flexibility index (Phi) is 4.83. The van der Waals surface area contributed by atoms with E-state index in [1.807, 2.05) is 0 Å². The summed E-state index contributed by atoms with van der Waals surface area (Å²) in [6, 6.07) is 13.8. The molecule has 0 bridgehead atoms. The molecule has 1 aliphatic carbocycles. The minimum atomic E-state index is -0.0202. The Morgan fingerprint density at radius 1 is 1.00 bits per heavy atom. The highest BCUT2D eigenvalue weighted by Crippen LogP contribution is 2.52. The third-order valence-electron chi connectivity index (χ3n) is 5.33. The molecule has 1 unspecified atom stereocenters. The highest BCUT2D eigenvalue weighted by molar-refractivity contribution is 7.53. The second-order valence-corrected chi connectivity index (χ2v) is 9.66. The summed E-state index contributed by atoms with van der Waals surface area (Å²) in [6.45, 7) is 9.14. The number of ether oxygens (including phenoxy) is 1. The van der Waals surface area contributed by atoms with Crippen LogP contribution in [0.15, 0.2) is 53.8 Å². The van der Waals surface area contributed by atoms with E-state index in [9.17, 15) is 0 Å². The monoisotopic (exact) mass is 379 g/mol. The van der Waals surface area contributed by atoms with Crippen molar-refractivity contribution in [2.24, 2.45) is 5.92 Å². The molecule has 1 atom stereocenters. The van der Waals surface area contributed by atoms with Gasteiger partial charge in [0.25, 0.3) is 0 Å². The van der Waals surface area contributed by atoms with Crippen LogP contribution in [-0.4, -0.2) is 18.3 Å². The Bertz CT molecular complexity index is 1030. The molecule has 4 rings (SSSR count). The van der Waals surface area contributed by atoms with Crippen molar-refractivity contribution in [2.75, 3.05) is 13.2 Å². The normalized spacial score (nSPS) is 17.7. The Morgan fingerprint density at radius 2 is 1.59 bits per heavy atom. The molecule has 0 radical (unpaired) electrons. The van der Waals surface area contributed by atoms with Crippen LogP contribution < -0.4 is 0 Å². The number of hydrogen-bond acceptors (Lipinski definition) is 2. The fraction of sp³-hybridized carbons (Fsp3) is 0.333. The Balaban J connectivity index is 1.95. The van der Waals surface area contributed by atoms with E-state index in [4.69, 9.17) is 9.84 Å². The van der Waals surface area contributed by atoms with Crippen molar-refractivity contribution in [1.82, 2.24) is 0 Å². The van der Waals surface area contributed by atoms with Gasteiger partial charge in [-0.15, -0.1) is 0 Å². The summed E-state index contributed by atoms with van der Waals surface area (Å²) in [5, 5.41) is 11.9. The summed E-state index contributed by atoms with van der Waals surface area (Å²) in [6.07, 6.45) is 3.33. The van der Waals surface area contributed by atoms with Gasteiger partial charge in [-0.05, 0) is 50.6 Å².